The van der Waals surface area contributed by atoms with Gasteiger partial charge in [-0.2, -0.15) is 0 Å². The van der Waals surface area contributed by atoms with Crippen LogP contribution >= 0.6 is 11.6 Å². The number of halogens is 2. The van der Waals surface area contributed by atoms with Gasteiger partial charge in [-0.3, -0.25) is 4.90 Å². The fraction of sp³-hybridized carbons (Fsp3) is 0.304. The van der Waals surface area contributed by atoms with Crippen molar-refractivity contribution in [1.29, 1.82) is 0 Å². The fourth-order valence-corrected chi connectivity index (χ4v) is 4.20. The minimum atomic E-state index is -0.365. The molecule has 0 radical (unpaired) electrons. The van der Waals surface area contributed by atoms with E-state index in [0.29, 0.717) is 0 Å². The van der Waals surface area contributed by atoms with Gasteiger partial charge in [-0.15, -0.1) is 0 Å². The molecule has 3 aromatic rings. The predicted molar refractivity (Wildman–Crippen MR) is 109 cm³/mol. The van der Waals surface area contributed by atoms with E-state index in [4.69, 9.17) is 11.6 Å². The summed E-state index contributed by atoms with van der Waals surface area (Å²) in [7, 11) is 0. The third-order valence-electron chi connectivity index (χ3n) is 5.57. The maximum absolute atomic E-state index is 13.6. The van der Waals surface area contributed by atoms with E-state index in [1.165, 1.54) is 28.5 Å². The molecule has 0 saturated carbocycles. The molecule has 0 amide bonds. The van der Waals surface area contributed by atoms with Crippen molar-refractivity contribution in [2.75, 3.05) is 6.54 Å². The van der Waals surface area contributed by atoms with Gasteiger partial charge in [-0.1, -0.05) is 35.9 Å². The first-order valence-electron chi connectivity index (χ1n) is 9.43. The highest BCUT2D eigenvalue weighted by Gasteiger charge is 2.27. The van der Waals surface area contributed by atoms with E-state index in [2.05, 4.69) is 59.8 Å². The average molecular weight is 383 g/mol. The van der Waals surface area contributed by atoms with Crippen LogP contribution in [-0.2, 0) is 13.1 Å². The standard InChI is InChI=1S/C23H24ClFN2/c1-16-6-8-19(13-17(16)2)23-22-5-3-10-26(22)11-4-12-27(23)15-18-7-9-21(25)20(24)14-18/h3,5-10,13-14,23H,4,11-12,15H2,1-2H3. The molecule has 1 unspecified atom stereocenters. The summed E-state index contributed by atoms with van der Waals surface area (Å²) in [4.78, 5) is 2.48. The monoisotopic (exact) mass is 382 g/mol. The van der Waals surface area contributed by atoms with Crippen LogP contribution in [0.25, 0.3) is 0 Å². The van der Waals surface area contributed by atoms with Gasteiger partial charge in [-0.25, -0.2) is 4.39 Å². The van der Waals surface area contributed by atoms with Gasteiger partial charge in [-0.05, 0) is 66.8 Å². The van der Waals surface area contributed by atoms with E-state index in [0.717, 1.165) is 31.6 Å². The van der Waals surface area contributed by atoms with Gasteiger partial charge in [0.05, 0.1) is 11.1 Å². The lowest BCUT2D eigenvalue weighted by atomic mass is 9.97. The second-order valence-electron chi connectivity index (χ2n) is 7.45. The van der Waals surface area contributed by atoms with Crippen LogP contribution in [0, 0.1) is 19.7 Å². The molecule has 1 aromatic heterocycles. The minimum absolute atomic E-state index is 0.172. The number of hydrogen-bond acceptors (Lipinski definition) is 1. The molecule has 2 nitrogen and oxygen atoms in total. The van der Waals surface area contributed by atoms with Crippen LogP contribution < -0.4 is 0 Å². The van der Waals surface area contributed by atoms with Crippen LogP contribution in [0.5, 0.6) is 0 Å². The number of fused-ring (bicyclic) bond motifs is 1. The van der Waals surface area contributed by atoms with Crippen molar-refractivity contribution in [2.45, 2.75) is 39.4 Å². The second-order valence-corrected chi connectivity index (χ2v) is 7.85. The molecule has 0 bridgehead atoms. The molecule has 4 heteroatoms. The first kappa shape index (κ1) is 18.3. The zero-order valence-corrected chi connectivity index (χ0v) is 16.5. The van der Waals surface area contributed by atoms with Crippen molar-refractivity contribution in [2.24, 2.45) is 0 Å². The van der Waals surface area contributed by atoms with Gasteiger partial charge in [0.15, 0.2) is 0 Å². The van der Waals surface area contributed by atoms with E-state index >= 15 is 0 Å². The van der Waals surface area contributed by atoms with E-state index in [1.54, 1.807) is 6.07 Å². The molecule has 1 aliphatic heterocycles. The Balaban J connectivity index is 1.75. The van der Waals surface area contributed by atoms with Crippen LogP contribution in [0.15, 0.2) is 54.7 Å². The Morgan fingerprint density at radius 2 is 1.89 bits per heavy atom. The highest BCUT2D eigenvalue weighted by molar-refractivity contribution is 6.30. The quantitative estimate of drug-likeness (QED) is 0.548. The Kier molecular flexibility index (Phi) is 5.07. The van der Waals surface area contributed by atoms with Crippen molar-refractivity contribution in [1.82, 2.24) is 9.47 Å². The molecule has 1 aliphatic rings. The number of rotatable bonds is 3. The molecule has 0 saturated heterocycles. The zero-order chi connectivity index (χ0) is 19.0. The second kappa shape index (κ2) is 7.49. The molecular formula is C23H24ClFN2. The highest BCUT2D eigenvalue weighted by Crippen LogP contribution is 2.34. The lowest BCUT2D eigenvalue weighted by molar-refractivity contribution is 0.220. The van der Waals surface area contributed by atoms with Gasteiger partial charge >= 0.3 is 0 Å². The molecular weight excluding hydrogens is 359 g/mol. The lowest BCUT2D eigenvalue weighted by Crippen LogP contribution is -2.29. The molecule has 1 atom stereocenters. The SMILES string of the molecule is Cc1ccc(C2c3cccn3CCCN2Cc2ccc(F)c(Cl)c2)cc1C. The number of hydrogen-bond donors (Lipinski definition) is 0. The Morgan fingerprint density at radius 1 is 1.04 bits per heavy atom. The maximum Gasteiger partial charge on any atom is 0.141 e. The summed E-state index contributed by atoms with van der Waals surface area (Å²) in [6, 6.07) is 16.3. The van der Waals surface area contributed by atoms with Gasteiger partial charge in [0.25, 0.3) is 0 Å². The first-order valence-corrected chi connectivity index (χ1v) is 9.81. The van der Waals surface area contributed by atoms with Crippen molar-refractivity contribution in [3.05, 3.63) is 93.5 Å². The number of aromatic nitrogens is 1. The van der Waals surface area contributed by atoms with Gasteiger partial charge in [0, 0.05) is 31.5 Å². The minimum Gasteiger partial charge on any atom is -0.350 e. The highest BCUT2D eigenvalue weighted by atomic mass is 35.5. The summed E-state index contributed by atoms with van der Waals surface area (Å²) in [5.74, 6) is -0.365. The molecule has 0 fully saturated rings. The third-order valence-corrected chi connectivity index (χ3v) is 5.86. The van der Waals surface area contributed by atoms with Crippen molar-refractivity contribution < 1.29 is 4.39 Å². The Bertz CT molecular complexity index is 963. The molecule has 0 N–H and O–H groups in total. The topological polar surface area (TPSA) is 8.17 Å². The molecule has 27 heavy (non-hydrogen) atoms. The number of aryl methyl sites for hydroxylation is 3. The normalized spacial score (nSPS) is 17.6. The smallest absolute Gasteiger partial charge is 0.141 e. The maximum atomic E-state index is 13.6. The largest absolute Gasteiger partial charge is 0.350 e. The summed E-state index contributed by atoms with van der Waals surface area (Å²) >= 11 is 6.02. The van der Waals surface area contributed by atoms with Gasteiger partial charge in [0.2, 0.25) is 0 Å². The Morgan fingerprint density at radius 3 is 2.67 bits per heavy atom. The lowest BCUT2D eigenvalue weighted by Gasteiger charge is -2.31. The van der Waals surface area contributed by atoms with Crippen LogP contribution in [0.4, 0.5) is 4.39 Å². The molecule has 2 aromatic carbocycles. The summed E-state index contributed by atoms with van der Waals surface area (Å²) in [6.07, 6.45) is 3.25. The fourth-order valence-electron chi connectivity index (χ4n) is 4.00. The van der Waals surface area contributed by atoms with Gasteiger partial charge < -0.3 is 4.57 Å². The molecule has 4 rings (SSSR count). The van der Waals surface area contributed by atoms with Gasteiger partial charge in [0.1, 0.15) is 5.82 Å². The zero-order valence-electron chi connectivity index (χ0n) is 15.8. The first-order chi connectivity index (χ1) is 13.0. The number of nitrogens with zero attached hydrogens (tertiary/aromatic N) is 2. The Hall–Kier alpha value is -2.10. The Labute approximate surface area is 165 Å². The van der Waals surface area contributed by atoms with Crippen molar-refractivity contribution in [3.8, 4) is 0 Å². The van der Waals surface area contributed by atoms with Crippen LogP contribution in [-0.4, -0.2) is 16.0 Å². The van der Waals surface area contributed by atoms with E-state index in [9.17, 15) is 4.39 Å². The summed E-state index contributed by atoms with van der Waals surface area (Å²) in [5, 5.41) is 0.188. The molecule has 2 heterocycles. The summed E-state index contributed by atoms with van der Waals surface area (Å²) < 4.78 is 15.9. The number of benzene rings is 2. The van der Waals surface area contributed by atoms with E-state index in [1.807, 2.05) is 6.07 Å². The average Bonchev–Trinajstić information content (AvgIpc) is 3.02. The van der Waals surface area contributed by atoms with E-state index in [-0.39, 0.29) is 16.9 Å². The van der Waals surface area contributed by atoms with Crippen molar-refractivity contribution >= 4 is 11.6 Å². The predicted octanol–water partition coefficient (Wildman–Crippen LogP) is 5.89. The van der Waals surface area contributed by atoms with Crippen LogP contribution in [0.3, 0.4) is 0 Å². The molecule has 0 spiro atoms. The van der Waals surface area contributed by atoms with Crippen LogP contribution in [0.1, 0.15) is 40.4 Å². The van der Waals surface area contributed by atoms with Crippen LogP contribution in [0.2, 0.25) is 5.02 Å². The van der Waals surface area contributed by atoms with E-state index < -0.39 is 0 Å². The summed E-state index contributed by atoms with van der Waals surface area (Å²) in [6.45, 7) is 7.05. The molecule has 140 valence electrons. The molecule has 0 aliphatic carbocycles. The summed E-state index contributed by atoms with van der Waals surface area (Å²) in [5.41, 5.74) is 6.26. The van der Waals surface area contributed by atoms with Crippen molar-refractivity contribution in [3.63, 3.8) is 0 Å². The third kappa shape index (κ3) is 3.67.